The topological polar surface area (TPSA) is 88.3 Å². The molecule has 1 aromatic rings. The van der Waals surface area contributed by atoms with E-state index in [2.05, 4.69) is 17.2 Å². The highest BCUT2D eigenvalue weighted by molar-refractivity contribution is 5.58. The fraction of sp³-hybridized carbons (Fsp3) is 0.615. The van der Waals surface area contributed by atoms with Crippen molar-refractivity contribution in [3.8, 4) is 0 Å². The molecule has 1 fully saturated rings. The number of nitrogens with zero attached hydrogens (tertiary/aromatic N) is 2. The van der Waals surface area contributed by atoms with E-state index in [1.807, 2.05) is 0 Å². The summed E-state index contributed by atoms with van der Waals surface area (Å²) in [5, 5.41) is 23.8. The first-order chi connectivity index (χ1) is 9.06. The van der Waals surface area contributed by atoms with E-state index in [4.69, 9.17) is 0 Å². The zero-order chi connectivity index (χ0) is 13.9. The molecule has 2 N–H and O–H groups in total. The maximum atomic E-state index is 11.0. The Hall–Kier alpha value is -1.69. The average molecular weight is 265 g/mol. The summed E-state index contributed by atoms with van der Waals surface area (Å²) in [6.07, 6.45) is 5.19. The predicted molar refractivity (Wildman–Crippen MR) is 72.0 cm³/mol. The number of rotatable bonds is 4. The van der Waals surface area contributed by atoms with E-state index in [9.17, 15) is 15.2 Å². The fourth-order valence-electron chi connectivity index (χ4n) is 2.88. The summed E-state index contributed by atoms with van der Waals surface area (Å²) in [5.41, 5.74) is -0.0819. The second kappa shape index (κ2) is 5.52. The molecule has 2 atom stereocenters. The zero-order valence-electron chi connectivity index (χ0n) is 11.0. The number of nitro groups is 1. The molecule has 1 heterocycles. The van der Waals surface area contributed by atoms with Crippen LogP contribution in [0.2, 0.25) is 0 Å². The zero-order valence-corrected chi connectivity index (χ0v) is 11.0. The molecular formula is C13H19N3O3. The van der Waals surface area contributed by atoms with Gasteiger partial charge >= 0.3 is 5.82 Å². The molecule has 2 rings (SSSR count). The number of aliphatic hydroxyl groups excluding tert-OH is 1. The van der Waals surface area contributed by atoms with E-state index in [0.29, 0.717) is 11.6 Å². The second-order valence-electron chi connectivity index (χ2n) is 5.40. The average Bonchev–Trinajstić information content (AvgIpc) is 2.39. The first-order valence-corrected chi connectivity index (χ1v) is 6.55. The number of hydrogen-bond acceptors (Lipinski definition) is 5. The highest BCUT2D eigenvalue weighted by atomic mass is 16.6. The molecule has 0 aromatic carbocycles. The predicted octanol–water partition coefficient (Wildman–Crippen LogP) is 2.34. The van der Waals surface area contributed by atoms with E-state index in [1.54, 1.807) is 12.1 Å². The van der Waals surface area contributed by atoms with Gasteiger partial charge in [-0.05, 0) is 40.8 Å². The Kier molecular flexibility index (Phi) is 3.99. The fourth-order valence-corrected chi connectivity index (χ4v) is 2.88. The molecular weight excluding hydrogens is 246 g/mol. The van der Waals surface area contributed by atoms with Gasteiger partial charge in [-0.3, -0.25) is 0 Å². The monoisotopic (exact) mass is 265 g/mol. The van der Waals surface area contributed by atoms with Crippen molar-refractivity contribution >= 4 is 11.5 Å². The van der Waals surface area contributed by atoms with E-state index < -0.39 is 10.5 Å². The SMILES string of the molecule is CC1CCCC(CO)(Nc2cccnc2[N+](=O)[O-])C1. The van der Waals surface area contributed by atoms with Gasteiger partial charge in [0, 0.05) is 0 Å². The van der Waals surface area contributed by atoms with Crippen LogP contribution in [0.4, 0.5) is 11.5 Å². The molecule has 0 radical (unpaired) electrons. The van der Waals surface area contributed by atoms with Crippen molar-refractivity contribution in [1.29, 1.82) is 0 Å². The van der Waals surface area contributed by atoms with Crippen molar-refractivity contribution in [1.82, 2.24) is 4.98 Å². The van der Waals surface area contributed by atoms with E-state index in [0.717, 1.165) is 25.7 Å². The molecule has 0 spiro atoms. The van der Waals surface area contributed by atoms with Crippen LogP contribution in [-0.4, -0.2) is 27.2 Å². The van der Waals surface area contributed by atoms with Crippen LogP contribution in [-0.2, 0) is 0 Å². The summed E-state index contributed by atoms with van der Waals surface area (Å²) in [5.74, 6) is 0.317. The molecule has 0 amide bonds. The normalized spacial score (nSPS) is 26.9. The van der Waals surface area contributed by atoms with Crippen molar-refractivity contribution in [3.63, 3.8) is 0 Å². The number of pyridine rings is 1. The van der Waals surface area contributed by atoms with Crippen LogP contribution in [0.3, 0.4) is 0 Å². The molecule has 1 saturated carbocycles. The molecule has 1 aliphatic rings. The Morgan fingerprint density at radius 3 is 3.11 bits per heavy atom. The third-order valence-electron chi connectivity index (χ3n) is 3.75. The minimum Gasteiger partial charge on any atom is -0.394 e. The molecule has 0 bridgehead atoms. The van der Waals surface area contributed by atoms with Gasteiger partial charge < -0.3 is 20.5 Å². The third kappa shape index (κ3) is 3.01. The molecule has 104 valence electrons. The molecule has 1 aliphatic carbocycles. The highest BCUT2D eigenvalue weighted by Crippen LogP contribution is 2.36. The lowest BCUT2D eigenvalue weighted by molar-refractivity contribution is -0.388. The van der Waals surface area contributed by atoms with E-state index >= 15 is 0 Å². The Bertz CT molecular complexity index is 466. The molecule has 2 unspecified atom stereocenters. The summed E-state index contributed by atoms with van der Waals surface area (Å²) in [6, 6.07) is 3.30. The summed E-state index contributed by atoms with van der Waals surface area (Å²) < 4.78 is 0. The third-order valence-corrected chi connectivity index (χ3v) is 3.75. The van der Waals surface area contributed by atoms with Gasteiger partial charge in [0.2, 0.25) is 0 Å². The smallest absolute Gasteiger partial charge is 0.386 e. The van der Waals surface area contributed by atoms with Crippen LogP contribution >= 0.6 is 0 Å². The molecule has 6 nitrogen and oxygen atoms in total. The number of hydrogen-bond donors (Lipinski definition) is 2. The van der Waals surface area contributed by atoms with Crippen LogP contribution in [0, 0.1) is 16.0 Å². The summed E-state index contributed by atoms with van der Waals surface area (Å²) in [4.78, 5) is 14.2. The molecule has 1 aromatic heterocycles. The van der Waals surface area contributed by atoms with Gasteiger partial charge in [0.1, 0.15) is 11.9 Å². The summed E-state index contributed by atoms with van der Waals surface area (Å²) in [6.45, 7) is 2.12. The lowest BCUT2D eigenvalue weighted by atomic mass is 9.76. The molecule has 6 heteroatoms. The first kappa shape index (κ1) is 13.7. The minimum atomic E-state index is -0.500. The van der Waals surface area contributed by atoms with Crippen LogP contribution in [0.15, 0.2) is 18.3 Å². The van der Waals surface area contributed by atoms with Crippen molar-refractivity contribution in [2.45, 2.75) is 38.1 Å². The standard InChI is InChI=1S/C13H19N3O3/c1-10-4-2-6-13(8-10,9-17)15-11-5-3-7-14-12(11)16(18)19/h3,5,7,10,15,17H,2,4,6,8-9H2,1H3. The van der Waals surface area contributed by atoms with E-state index in [1.165, 1.54) is 6.20 Å². The van der Waals surface area contributed by atoms with Crippen molar-refractivity contribution in [2.75, 3.05) is 11.9 Å². The van der Waals surface area contributed by atoms with Crippen LogP contribution in [0.25, 0.3) is 0 Å². The number of aromatic nitrogens is 1. The van der Waals surface area contributed by atoms with Crippen LogP contribution in [0.5, 0.6) is 0 Å². The maximum Gasteiger partial charge on any atom is 0.386 e. The largest absolute Gasteiger partial charge is 0.394 e. The molecule has 0 saturated heterocycles. The van der Waals surface area contributed by atoms with Gasteiger partial charge in [0.05, 0.1) is 12.1 Å². The molecule has 19 heavy (non-hydrogen) atoms. The van der Waals surface area contributed by atoms with Crippen LogP contribution < -0.4 is 5.32 Å². The quantitative estimate of drug-likeness (QED) is 0.644. The Labute approximate surface area is 112 Å². The van der Waals surface area contributed by atoms with Gasteiger partial charge in [0.15, 0.2) is 0 Å². The number of nitrogens with one attached hydrogen (secondary N) is 1. The highest BCUT2D eigenvalue weighted by Gasteiger charge is 2.35. The van der Waals surface area contributed by atoms with Crippen molar-refractivity contribution in [3.05, 3.63) is 28.4 Å². The van der Waals surface area contributed by atoms with Crippen molar-refractivity contribution < 1.29 is 10.0 Å². The van der Waals surface area contributed by atoms with Gasteiger partial charge in [-0.15, -0.1) is 0 Å². The van der Waals surface area contributed by atoms with Crippen LogP contribution in [0.1, 0.15) is 32.6 Å². The maximum absolute atomic E-state index is 11.0. The van der Waals surface area contributed by atoms with Gasteiger partial charge in [0.25, 0.3) is 0 Å². The Balaban J connectivity index is 2.25. The minimum absolute atomic E-state index is 0.0244. The first-order valence-electron chi connectivity index (χ1n) is 6.55. The summed E-state index contributed by atoms with van der Waals surface area (Å²) >= 11 is 0. The lowest BCUT2D eigenvalue weighted by Gasteiger charge is -2.39. The summed E-state index contributed by atoms with van der Waals surface area (Å²) in [7, 11) is 0. The van der Waals surface area contributed by atoms with Gasteiger partial charge in [-0.25, -0.2) is 0 Å². The lowest BCUT2D eigenvalue weighted by Crippen LogP contribution is -2.46. The second-order valence-corrected chi connectivity index (χ2v) is 5.40. The van der Waals surface area contributed by atoms with Gasteiger partial charge in [-0.2, -0.15) is 0 Å². The van der Waals surface area contributed by atoms with E-state index in [-0.39, 0.29) is 12.4 Å². The number of anilines is 1. The Morgan fingerprint density at radius 2 is 2.47 bits per heavy atom. The number of aliphatic hydroxyl groups is 1. The Morgan fingerprint density at radius 1 is 1.68 bits per heavy atom. The molecule has 0 aliphatic heterocycles. The van der Waals surface area contributed by atoms with Gasteiger partial charge in [-0.1, -0.05) is 19.8 Å². The van der Waals surface area contributed by atoms with Crippen molar-refractivity contribution in [2.24, 2.45) is 5.92 Å².